The quantitative estimate of drug-likeness (QED) is 0.336. The molecule has 10 heteroatoms. The van der Waals surface area contributed by atoms with Crippen LogP contribution in [-0.2, 0) is 5.75 Å². The van der Waals surface area contributed by atoms with Crippen molar-refractivity contribution in [1.82, 2.24) is 24.7 Å². The summed E-state index contributed by atoms with van der Waals surface area (Å²) >= 11 is 9.20. The fourth-order valence-electron chi connectivity index (χ4n) is 3.33. The molecule has 0 atom stereocenters. The van der Waals surface area contributed by atoms with Crippen molar-refractivity contribution in [3.8, 4) is 22.6 Å². The van der Waals surface area contributed by atoms with Crippen LogP contribution < -0.4 is 10.3 Å². The molecule has 0 bridgehead atoms. The second kappa shape index (κ2) is 8.78. The molecule has 5 aromatic rings. The van der Waals surface area contributed by atoms with Crippen molar-refractivity contribution in [1.29, 1.82) is 0 Å². The number of aromatic nitrogens is 5. The molecule has 0 spiro atoms. The number of hydrogen-bond acceptors (Lipinski definition) is 7. The molecule has 3 aromatic heterocycles. The number of rotatable bonds is 6. The molecule has 0 amide bonds. The summed E-state index contributed by atoms with van der Waals surface area (Å²) < 4.78 is 7.17. The van der Waals surface area contributed by atoms with E-state index in [4.69, 9.17) is 16.3 Å². The summed E-state index contributed by atoms with van der Waals surface area (Å²) in [4.78, 5) is 21.1. The van der Waals surface area contributed by atoms with E-state index in [1.54, 1.807) is 13.4 Å². The maximum absolute atomic E-state index is 12.9. The van der Waals surface area contributed by atoms with E-state index < -0.39 is 0 Å². The molecular weight excluding hydrogens is 466 g/mol. The van der Waals surface area contributed by atoms with Crippen molar-refractivity contribution in [3.63, 3.8) is 0 Å². The first-order chi connectivity index (χ1) is 15.6. The van der Waals surface area contributed by atoms with Crippen LogP contribution in [0.15, 0.2) is 70.2 Å². The Kier molecular flexibility index (Phi) is 5.69. The Labute approximate surface area is 196 Å². The molecule has 1 N–H and O–H groups in total. The third kappa shape index (κ3) is 3.90. The fourth-order valence-corrected chi connectivity index (χ4v) is 5.33. The zero-order chi connectivity index (χ0) is 22.1. The number of H-pyrrole nitrogens is 1. The van der Waals surface area contributed by atoms with Gasteiger partial charge in [-0.2, -0.15) is 0 Å². The largest absolute Gasteiger partial charge is 0.497 e. The van der Waals surface area contributed by atoms with Crippen LogP contribution in [0.3, 0.4) is 0 Å². The minimum Gasteiger partial charge on any atom is -0.497 e. The van der Waals surface area contributed by atoms with Crippen molar-refractivity contribution in [2.24, 2.45) is 0 Å². The number of nitrogens with zero attached hydrogens (tertiary/aromatic N) is 4. The van der Waals surface area contributed by atoms with Gasteiger partial charge in [-0.3, -0.25) is 9.36 Å². The topological polar surface area (TPSA) is 85.7 Å². The average molecular weight is 482 g/mol. The van der Waals surface area contributed by atoms with Gasteiger partial charge in [0.1, 0.15) is 22.7 Å². The summed E-state index contributed by atoms with van der Waals surface area (Å²) in [5.41, 5.74) is 2.31. The first-order valence-electron chi connectivity index (χ1n) is 9.56. The molecule has 5 rings (SSSR count). The van der Waals surface area contributed by atoms with E-state index in [0.29, 0.717) is 32.0 Å². The number of thioether (sulfide) groups is 1. The number of nitrogens with one attached hydrogen (secondary N) is 1. The van der Waals surface area contributed by atoms with Crippen molar-refractivity contribution in [2.45, 2.75) is 10.9 Å². The summed E-state index contributed by atoms with van der Waals surface area (Å²) in [5.74, 6) is 1.75. The molecule has 0 aliphatic rings. The van der Waals surface area contributed by atoms with Gasteiger partial charge in [-0.15, -0.1) is 21.5 Å². The molecule has 0 unspecified atom stereocenters. The van der Waals surface area contributed by atoms with Crippen LogP contribution in [0.4, 0.5) is 0 Å². The molecular formula is C22H16ClN5O2S2. The Morgan fingerprint density at radius 3 is 2.91 bits per heavy atom. The minimum atomic E-state index is -0.184. The minimum absolute atomic E-state index is 0.184. The number of halogens is 1. The molecule has 32 heavy (non-hydrogen) atoms. The summed E-state index contributed by atoms with van der Waals surface area (Å²) in [6, 6.07) is 15.1. The third-order valence-corrected chi connectivity index (χ3v) is 7.00. The van der Waals surface area contributed by atoms with Gasteiger partial charge in [-0.1, -0.05) is 47.6 Å². The van der Waals surface area contributed by atoms with Crippen LogP contribution in [0.5, 0.6) is 5.75 Å². The van der Waals surface area contributed by atoms with Gasteiger partial charge in [-0.05, 0) is 18.2 Å². The summed E-state index contributed by atoms with van der Waals surface area (Å²) in [6.07, 6.45) is 1.64. The zero-order valence-electron chi connectivity index (χ0n) is 16.8. The molecule has 2 aromatic carbocycles. The Morgan fingerprint density at radius 1 is 1.19 bits per heavy atom. The summed E-state index contributed by atoms with van der Waals surface area (Å²) in [5, 5.41) is 12.0. The first kappa shape index (κ1) is 20.7. The van der Waals surface area contributed by atoms with Crippen LogP contribution in [0, 0.1) is 0 Å². The fraction of sp³-hybridized carbons (Fsp3) is 0.0909. The number of methoxy groups -OCH3 is 1. The zero-order valence-corrected chi connectivity index (χ0v) is 19.2. The van der Waals surface area contributed by atoms with Crippen LogP contribution >= 0.6 is 34.7 Å². The lowest BCUT2D eigenvalue weighted by atomic mass is 10.1. The monoisotopic (exact) mass is 481 g/mol. The number of thiophene rings is 1. The highest BCUT2D eigenvalue weighted by Gasteiger charge is 2.16. The van der Waals surface area contributed by atoms with Gasteiger partial charge in [0, 0.05) is 27.6 Å². The van der Waals surface area contributed by atoms with Gasteiger partial charge in [0.25, 0.3) is 5.56 Å². The first-order valence-corrected chi connectivity index (χ1v) is 11.8. The highest BCUT2D eigenvalue weighted by Crippen LogP contribution is 2.35. The van der Waals surface area contributed by atoms with Gasteiger partial charge < -0.3 is 9.72 Å². The average Bonchev–Trinajstić information content (AvgIpc) is 3.45. The number of aromatic amines is 1. The number of hydrogen-bond donors (Lipinski definition) is 1. The number of benzene rings is 2. The Hall–Kier alpha value is -3.14. The van der Waals surface area contributed by atoms with E-state index in [0.717, 1.165) is 22.6 Å². The van der Waals surface area contributed by atoms with Crippen molar-refractivity contribution in [3.05, 3.63) is 81.4 Å². The lowest BCUT2D eigenvalue weighted by molar-refractivity contribution is 0.414. The Balaban J connectivity index is 1.43. The Morgan fingerprint density at radius 2 is 2.06 bits per heavy atom. The predicted molar refractivity (Wildman–Crippen MR) is 128 cm³/mol. The van der Waals surface area contributed by atoms with Crippen molar-refractivity contribution < 1.29 is 4.74 Å². The molecule has 0 saturated heterocycles. The van der Waals surface area contributed by atoms with Crippen LogP contribution in [-0.4, -0.2) is 31.8 Å². The maximum atomic E-state index is 12.9. The standard InChI is InChI=1S/C22H16ClN5O2S2/c1-30-14-6-4-5-13(9-14)28-12-24-27-22(28)32-11-18-25-20(29)19-16(10-31-21(19)26-18)15-7-2-3-8-17(15)23/h2-10,12H,11H2,1H3,(H,25,26,29). The lowest BCUT2D eigenvalue weighted by Gasteiger charge is -2.08. The van der Waals surface area contributed by atoms with Gasteiger partial charge in [0.05, 0.1) is 23.9 Å². The van der Waals surface area contributed by atoms with E-state index in [2.05, 4.69) is 20.2 Å². The van der Waals surface area contributed by atoms with Gasteiger partial charge in [0.2, 0.25) is 0 Å². The molecule has 7 nitrogen and oxygen atoms in total. The predicted octanol–water partition coefficient (Wildman–Crippen LogP) is 5.19. The Bertz CT molecular complexity index is 1480. The third-order valence-electron chi connectivity index (χ3n) is 4.84. The number of fused-ring (bicyclic) bond motifs is 1. The molecule has 160 valence electrons. The molecule has 0 aliphatic carbocycles. The highest BCUT2D eigenvalue weighted by molar-refractivity contribution is 7.98. The van der Waals surface area contributed by atoms with Crippen molar-refractivity contribution >= 4 is 44.9 Å². The van der Waals surface area contributed by atoms with Crippen LogP contribution in [0.1, 0.15) is 5.82 Å². The molecule has 0 saturated carbocycles. The molecule has 0 fully saturated rings. The van der Waals surface area contributed by atoms with E-state index in [9.17, 15) is 4.79 Å². The second-order valence-electron chi connectivity index (χ2n) is 6.80. The van der Waals surface area contributed by atoms with Gasteiger partial charge >= 0.3 is 0 Å². The van der Waals surface area contributed by atoms with Gasteiger partial charge in [-0.25, -0.2) is 4.98 Å². The molecule has 0 aliphatic heterocycles. The molecule has 3 heterocycles. The maximum Gasteiger partial charge on any atom is 0.260 e. The van der Waals surface area contributed by atoms with Crippen LogP contribution in [0.2, 0.25) is 5.02 Å². The summed E-state index contributed by atoms with van der Waals surface area (Å²) in [6.45, 7) is 0. The van der Waals surface area contributed by atoms with E-state index >= 15 is 0 Å². The van der Waals surface area contributed by atoms with Crippen molar-refractivity contribution in [2.75, 3.05) is 7.11 Å². The SMILES string of the molecule is COc1cccc(-n2cnnc2SCc2nc3scc(-c4ccccc4Cl)c3c(=O)[nH]2)c1. The van der Waals surface area contributed by atoms with Crippen LogP contribution in [0.25, 0.3) is 27.0 Å². The highest BCUT2D eigenvalue weighted by atomic mass is 35.5. The van der Waals surface area contributed by atoms with Gasteiger partial charge in [0.15, 0.2) is 5.16 Å². The second-order valence-corrected chi connectivity index (χ2v) is 9.00. The van der Waals surface area contributed by atoms with E-state index in [1.807, 2.05) is 58.5 Å². The number of ether oxygens (including phenoxy) is 1. The van der Waals surface area contributed by atoms with E-state index in [-0.39, 0.29) is 5.56 Å². The lowest BCUT2D eigenvalue weighted by Crippen LogP contribution is -2.11. The molecule has 0 radical (unpaired) electrons. The normalized spacial score (nSPS) is 11.2. The smallest absolute Gasteiger partial charge is 0.260 e. The van der Waals surface area contributed by atoms with E-state index in [1.165, 1.54) is 23.1 Å². The summed E-state index contributed by atoms with van der Waals surface area (Å²) in [7, 11) is 1.63.